The first kappa shape index (κ1) is 18.7. The van der Waals surface area contributed by atoms with Gasteiger partial charge in [0.25, 0.3) is 0 Å². The Bertz CT molecular complexity index is 628. The fraction of sp³-hybridized carbons (Fsp3) is 0.562. The van der Waals surface area contributed by atoms with E-state index >= 15 is 0 Å². The number of hydrogen-bond acceptors (Lipinski definition) is 5. The highest BCUT2D eigenvalue weighted by Crippen LogP contribution is 2.39. The van der Waals surface area contributed by atoms with Crippen LogP contribution in [-0.2, 0) is 22.4 Å². The number of ether oxygens (including phenoxy) is 1. The summed E-state index contributed by atoms with van der Waals surface area (Å²) in [6.45, 7) is 2.09. The molecule has 0 radical (unpaired) electrons. The molecule has 0 aliphatic heterocycles. The fourth-order valence-corrected chi connectivity index (χ4v) is 4.17. The number of carbonyl (C=O) groups excluding carboxylic acids is 2. The van der Waals surface area contributed by atoms with Crippen LogP contribution in [0.4, 0.5) is 5.00 Å². The van der Waals surface area contributed by atoms with Gasteiger partial charge >= 0.3 is 5.97 Å². The van der Waals surface area contributed by atoms with Gasteiger partial charge in [-0.05, 0) is 43.5 Å². The molecule has 24 heavy (non-hydrogen) atoms. The number of rotatable bonds is 6. The highest BCUT2D eigenvalue weighted by atomic mass is 32.1. The Kier molecular flexibility index (Phi) is 6.99. The zero-order valence-corrected chi connectivity index (χ0v) is 15.6. The molecule has 0 spiro atoms. The van der Waals surface area contributed by atoms with E-state index in [1.807, 2.05) is 0 Å². The van der Waals surface area contributed by atoms with Crippen LogP contribution in [0.2, 0.25) is 0 Å². The summed E-state index contributed by atoms with van der Waals surface area (Å²) in [6, 6.07) is 0. The van der Waals surface area contributed by atoms with Crippen molar-refractivity contribution in [2.75, 3.05) is 12.4 Å². The maximum atomic E-state index is 12.1. The van der Waals surface area contributed by atoms with Gasteiger partial charge in [0, 0.05) is 11.3 Å². The topological polar surface area (TPSA) is 79.5 Å². The van der Waals surface area contributed by atoms with Crippen molar-refractivity contribution in [3.05, 3.63) is 16.0 Å². The summed E-state index contributed by atoms with van der Waals surface area (Å²) < 4.78 is 4.89. The molecule has 0 saturated heterocycles. The lowest BCUT2D eigenvalue weighted by atomic mass is 10.1. The normalized spacial score (nSPS) is 12.4. The lowest BCUT2D eigenvalue weighted by Crippen LogP contribution is -2.43. The molecular formula is C16H23N3O3S2. The van der Waals surface area contributed by atoms with Crippen LogP contribution in [0.15, 0.2) is 0 Å². The number of thiophene rings is 1. The molecule has 0 bridgehead atoms. The maximum absolute atomic E-state index is 12.1. The minimum Gasteiger partial charge on any atom is -0.465 e. The number of hydrazine groups is 1. The van der Waals surface area contributed by atoms with E-state index in [-0.39, 0.29) is 17.0 Å². The number of unbranched alkanes of at least 4 members (excludes halogenated alkanes) is 2. The van der Waals surface area contributed by atoms with Gasteiger partial charge in [0.05, 0.1) is 12.7 Å². The monoisotopic (exact) mass is 369 g/mol. The quantitative estimate of drug-likeness (QED) is 0.310. The molecule has 0 aromatic carbocycles. The van der Waals surface area contributed by atoms with Crippen LogP contribution in [0, 0.1) is 0 Å². The van der Waals surface area contributed by atoms with Crippen molar-refractivity contribution in [1.29, 1.82) is 0 Å². The van der Waals surface area contributed by atoms with E-state index in [1.54, 1.807) is 0 Å². The molecule has 8 heteroatoms. The van der Waals surface area contributed by atoms with Crippen molar-refractivity contribution in [2.45, 2.75) is 51.9 Å². The largest absolute Gasteiger partial charge is 0.465 e. The third-order valence-corrected chi connectivity index (χ3v) is 5.27. The van der Waals surface area contributed by atoms with E-state index in [9.17, 15) is 9.59 Å². The molecule has 1 amide bonds. The summed E-state index contributed by atoms with van der Waals surface area (Å²) in [6.07, 6.45) is 6.33. The molecule has 3 N–H and O–H groups in total. The van der Waals surface area contributed by atoms with E-state index in [0.29, 0.717) is 17.0 Å². The number of fused-ring (bicyclic) bond motifs is 1. The Labute approximate surface area is 151 Å². The first-order valence-electron chi connectivity index (χ1n) is 8.15. The van der Waals surface area contributed by atoms with Gasteiger partial charge < -0.3 is 10.1 Å². The maximum Gasteiger partial charge on any atom is 0.341 e. The van der Waals surface area contributed by atoms with Gasteiger partial charge in [-0.15, -0.1) is 11.3 Å². The van der Waals surface area contributed by atoms with E-state index < -0.39 is 0 Å². The highest BCUT2D eigenvalue weighted by molar-refractivity contribution is 7.80. The Morgan fingerprint density at radius 2 is 2.04 bits per heavy atom. The molecule has 1 aliphatic rings. The first-order valence-corrected chi connectivity index (χ1v) is 9.38. The number of carbonyl (C=O) groups is 2. The summed E-state index contributed by atoms with van der Waals surface area (Å²) >= 11 is 6.72. The van der Waals surface area contributed by atoms with E-state index in [4.69, 9.17) is 17.0 Å². The second kappa shape index (κ2) is 8.98. The number of amides is 1. The zero-order chi connectivity index (χ0) is 17.5. The van der Waals surface area contributed by atoms with Crippen LogP contribution in [-0.4, -0.2) is 24.1 Å². The van der Waals surface area contributed by atoms with Crippen molar-refractivity contribution in [1.82, 2.24) is 10.9 Å². The third-order valence-electron chi connectivity index (χ3n) is 3.86. The molecule has 6 nitrogen and oxygen atoms in total. The van der Waals surface area contributed by atoms with Gasteiger partial charge in [-0.3, -0.25) is 15.6 Å². The minimum absolute atomic E-state index is 0.102. The fourth-order valence-electron chi connectivity index (χ4n) is 2.67. The van der Waals surface area contributed by atoms with E-state index in [0.717, 1.165) is 44.1 Å². The van der Waals surface area contributed by atoms with Gasteiger partial charge in [-0.1, -0.05) is 19.8 Å². The summed E-state index contributed by atoms with van der Waals surface area (Å²) in [7, 11) is 1.37. The van der Waals surface area contributed by atoms with Gasteiger partial charge in [-0.2, -0.15) is 0 Å². The number of nitrogens with one attached hydrogen (secondary N) is 3. The molecule has 1 aliphatic carbocycles. The molecular weight excluding hydrogens is 346 g/mol. The Morgan fingerprint density at radius 3 is 2.75 bits per heavy atom. The molecule has 0 saturated carbocycles. The highest BCUT2D eigenvalue weighted by Gasteiger charge is 2.27. The molecule has 1 heterocycles. The van der Waals surface area contributed by atoms with E-state index in [2.05, 4.69) is 23.1 Å². The zero-order valence-electron chi connectivity index (χ0n) is 14.0. The summed E-state index contributed by atoms with van der Waals surface area (Å²) in [5, 5.41) is 3.93. The number of methoxy groups -OCH3 is 1. The van der Waals surface area contributed by atoms with Crippen LogP contribution >= 0.6 is 23.6 Å². The molecule has 0 atom stereocenters. The number of esters is 1. The van der Waals surface area contributed by atoms with Gasteiger partial charge in [0.1, 0.15) is 5.00 Å². The third kappa shape index (κ3) is 4.67. The average molecular weight is 370 g/mol. The molecule has 0 unspecified atom stereocenters. The van der Waals surface area contributed by atoms with Crippen molar-refractivity contribution >= 4 is 45.5 Å². The number of aryl methyl sites for hydroxylation is 1. The SMILES string of the molecule is CCCCCC(=O)NNC(=S)Nc1sc2c(c1C(=O)OC)CCC2. The summed E-state index contributed by atoms with van der Waals surface area (Å²) in [5.41, 5.74) is 6.87. The van der Waals surface area contributed by atoms with Crippen LogP contribution in [0.25, 0.3) is 0 Å². The second-order valence-corrected chi connectivity index (χ2v) is 7.15. The smallest absolute Gasteiger partial charge is 0.341 e. The van der Waals surface area contributed by atoms with E-state index in [1.165, 1.54) is 23.3 Å². The minimum atomic E-state index is -0.358. The Morgan fingerprint density at radius 1 is 1.25 bits per heavy atom. The van der Waals surface area contributed by atoms with Crippen molar-refractivity contribution in [3.63, 3.8) is 0 Å². The number of thiocarbonyl (C=S) groups is 1. The predicted octanol–water partition coefficient (Wildman–Crippen LogP) is 2.92. The van der Waals surface area contributed by atoms with Crippen molar-refractivity contribution in [2.24, 2.45) is 0 Å². The second-order valence-electron chi connectivity index (χ2n) is 5.64. The van der Waals surface area contributed by atoms with Gasteiger partial charge in [-0.25, -0.2) is 4.79 Å². The van der Waals surface area contributed by atoms with Crippen molar-refractivity contribution < 1.29 is 14.3 Å². The lowest BCUT2D eigenvalue weighted by Gasteiger charge is -2.12. The van der Waals surface area contributed by atoms with Crippen LogP contribution in [0.1, 0.15) is 59.8 Å². The molecule has 132 valence electrons. The Hall–Kier alpha value is -1.67. The average Bonchev–Trinajstić information content (AvgIpc) is 3.13. The standard InChI is InChI=1S/C16H23N3O3S2/c1-3-4-5-9-12(20)18-19-16(23)17-14-13(15(21)22-2)10-7-6-8-11(10)24-14/h3-9H2,1-2H3,(H,18,20)(H2,17,19,23). The van der Waals surface area contributed by atoms with Gasteiger partial charge in [0.15, 0.2) is 5.11 Å². The van der Waals surface area contributed by atoms with Crippen LogP contribution in [0.5, 0.6) is 0 Å². The van der Waals surface area contributed by atoms with Gasteiger partial charge in [0.2, 0.25) is 5.91 Å². The summed E-state index contributed by atoms with van der Waals surface area (Å²) in [4.78, 5) is 24.9. The molecule has 1 aromatic rings. The molecule has 0 fully saturated rings. The summed E-state index contributed by atoms with van der Waals surface area (Å²) in [5.74, 6) is -0.460. The number of hydrogen-bond donors (Lipinski definition) is 3. The molecule has 1 aromatic heterocycles. The van der Waals surface area contributed by atoms with Crippen molar-refractivity contribution in [3.8, 4) is 0 Å². The lowest BCUT2D eigenvalue weighted by molar-refractivity contribution is -0.121. The van der Waals surface area contributed by atoms with Crippen LogP contribution < -0.4 is 16.2 Å². The first-order chi connectivity index (χ1) is 11.6. The molecule has 2 rings (SSSR count). The number of anilines is 1. The Balaban J connectivity index is 1.92. The van der Waals surface area contributed by atoms with Crippen LogP contribution in [0.3, 0.4) is 0 Å². The predicted molar refractivity (Wildman–Crippen MR) is 99.3 cm³/mol.